The van der Waals surface area contributed by atoms with Gasteiger partial charge in [0.15, 0.2) is 0 Å². The van der Waals surface area contributed by atoms with E-state index in [4.69, 9.17) is 10.3 Å². The van der Waals surface area contributed by atoms with Crippen LogP contribution in [0.3, 0.4) is 0 Å². The summed E-state index contributed by atoms with van der Waals surface area (Å²) in [6.45, 7) is -6.88. The number of carbonyl (C=O) groups excluding carboxylic acids is 2. The molecule has 6 N–H and O–H groups in total. The smallest absolute Gasteiger partial charge is 0.387 e. The molecule has 0 saturated carbocycles. The molecule has 2 amide bonds. The van der Waals surface area contributed by atoms with Crippen LogP contribution in [0.4, 0.5) is 29.2 Å². The molecule has 0 atom stereocenters. The van der Waals surface area contributed by atoms with Gasteiger partial charge in [-0.15, -0.1) is 0 Å². The van der Waals surface area contributed by atoms with Crippen LogP contribution in [0.15, 0.2) is 62.8 Å². The summed E-state index contributed by atoms with van der Waals surface area (Å²) < 4.78 is 108. The predicted octanol–water partition coefficient (Wildman–Crippen LogP) is 2.85. The van der Waals surface area contributed by atoms with Crippen molar-refractivity contribution in [2.75, 3.05) is 10.6 Å². The van der Waals surface area contributed by atoms with E-state index in [1.54, 1.807) is 0 Å². The first kappa shape index (κ1) is 31.7. The zero-order valence-corrected chi connectivity index (χ0v) is 23.1. The van der Waals surface area contributed by atoms with Crippen molar-refractivity contribution in [1.82, 2.24) is 4.98 Å². The molecule has 0 aliphatic heterocycles. The van der Waals surface area contributed by atoms with E-state index in [9.17, 15) is 44.0 Å². The van der Waals surface area contributed by atoms with Crippen molar-refractivity contribution >= 4 is 59.4 Å². The minimum atomic E-state index is -4.62. The fourth-order valence-electron chi connectivity index (χ4n) is 3.32. The van der Waals surface area contributed by atoms with E-state index in [-0.39, 0.29) is 4.47 Å². The number of primary sulfonamides is 2. The van der Waals surface area contributed by atoms with Crippen molar-refractivity contribution in [3.8, 4) is 11.5 Å². The van der Waals surface area contributed by atoms with Crippen LogP contribution in [0.25, 0.3) is 0 Å². The Morgan fingerprint density at radius 3 is 1.44 bits per heavy atom. The van der Waals surface area contributed by atoms with E-state index in [1.165, 1.54) is 0 Å². The number of ether oxygens (including phenoxy) is 2. The molecule has 13 nitrogen and oxygen atoms in total. The SMILES string of the molecule is NS(=O)(=O)c1cccc(OC(F)F)c1C(=O)Nc1cc(Br)cc(NC(=O)c2c(OC(F)F)cccc2S(N)(=O)=O)n1. The number of alkyl halides is 4. The summed E-state index contributed by atoms with van der Waals surface area (Å²) in [6.07, 6.45) is 0. The number of sulfonamides is 2. The number of carbonyl (C=O) groups is 2. The molecular formula is C21H16BrF4N5O8S2. The quantitative estimate of drug-likeness (QED) is 0.231. The standard InChI is InChI=1S/C21H16BrF4N5O8S2/c22-9-7-14(30-18(32)16-10(38-20(23)24)3-1-5-12(16)40(27,34)35)29-15(8-9)31-19(33)17-11(39-21(25)26)4-2-6-13(17)41(28,36)37/h1-8,20-21H,(H2,27,34,35)(H2,28,36,37)(H2,29,30,31,32,33). The van der Waals surface area contributed by atoms with Gasteiger partial charge in [0.25, 0.3) is 11.8 Å². The van der Waals surface area contributed by atoms with Crippen LogP contribution in [0.2, 0.25) is 0 Å². The number of nitrogens with one attached hydrogen (secondary N) is 2. The van der Waals surface area contributed by atoms with Crippen LogP contribution >= 0.6 is 15.9 Å². The molecule has 0 saturated heterocycles. The van der Waals surface area contributed by atoms with Gasteiger partial charge >= 0.3 is 13.2 Å². The minimum Gasteiger partial charge on any atom is -0.434 e. The molecule has 20 heteroatoms. The summed E-state index contributed by atoms with van der Waals surface area (Å²) in [5, 5.41) is 14.5. The Morgan fingerprint density at radius 2 is 1.12 bits per heavy atom. The number of nitrogens with zero attached hydrogens (tertiary/aromatic N) is 1. The molecule has 3 aromatic rings. The Balaban J connectivity index is 2.01. The number of aromatic nitrogens is 1. The summed E-state index contributed by atoms with van der Waals surface area (Å²) in [7, 11) is -9.24. The monoisotopic (exact) mass is 685 g/mol. The second-order valence-electron chi connectivity index (χ2n) is 7.57. The lowest BCUT2D eigenvalue weighted by molar-refractivity contribution is -0.0510. The van der Waals surface area contributed by atoms with Crippen LogP contribution in [-0.4, -0.2) is 46.9 Å². The number of hydrogen-bond acceptors (Lipinski definition) is 9. The first-order valence-corrected chi connectivity index (χ1v) is 14.4. The Morgan fingerprint density at radius 1 is 0.756 bits per heavy atom. The fraction of sp³-hybridized carbons (Fsp3) is 0.0952. The summed E-state index contributed by atoms with van der Waals surface area (Å²) in [6, 6.07) is 7.80. The van der Waals surface area contributed by atoms with Crippen LogP contribution < -0.4 is 30.4 Å². The van der Waals surface area contributed by atoms with Gasteiger partial charge in [-0.3, -0.25) is 9.59 Å². The van der Waals surface area contributed by atoms with E-state index in [0.717, 1.165) is 48.5 Å². The lowest BCUT2D eigenvalue weighted by atomic mass is 10.2. The molecule has 0 radical (unpaired) electrons. The highest BCUT2D eigenvalue weighted by atomic mass is 79.9. The van der Waals surface area contributed by atoms with Gasteiger partial charge in [-0.05, 0) is 36.4 Å². The van der Waals surface area contributed by atoms with Gasteiger partial charge in [0.05, 0.1) is 9.79 Å². The molecule has 0 aliphatic carbocycles. The molecule has 0 unspecified atom stereocenters. The minimum absolute atomic E-state index is 0.116. The van der Waals surface area contributed by atoms with E-state index >= 15 is 0 Å². The average Bonchev–Trinajstić information content (AvgIpc) is 2.81. The molecule has 0 fully saturated rings. The van der Waals surface area contributed by atoms with E-state index in [2.05, 4.69) is 41.0 Å². The van der Waals surface area contributed by atoms with Crippen molar-refractivity contribution in [2.45, 2.75) is 23.0 Å². The van der Waals surface area contributed by atoms with Crippen LogP contribution in [-0.2, 0) is 20.0 Å². The van der Waals surface area contributed by atoms with E-state index < -0.39 is 89.1 Å². The van der Waals surface area contributed by atoms with Gasteiger partial charge in [-0.2, -0.15) is 17.6 Å². The van der Waals surface area contributed by atoms with Crippen molar-refractivity contribution in [1.29, 1.82) is 0 Å². The topological polar surface area (TPSA) is 210 Å². The predicted molar refractivity (Wildman–Crippen MR) is 137 cm³/mol. The fourth-order valence-corrected chi connectivity index (χ4v) is 5.24. The number of hydrogen-bond donors (Lipinski definition) is 4. The number of pyridine rings is 1. The highest BCUT2D eigenvalue weighted by Gasteiger charge is 2.28. The van der Waals surface area contributed by atoms with Crippen LogP contribution in [0, 0.1) is 0 Å². The van der Waals surface area contributed by atoms with Crippen molar-refractivity contribution in [2.24, 2.45) is 10.3 Å². The summed E-state index contributed by atoms with van der Waals surface area (Å²) >= 11 is 3.07. The molecule has 41 heavy (non-hydrogen) atoms. The maximum absolute atomic E-state index is 13.0. The molecular weight excluding hydrogens is 670 g/mol. The number of anilines is 2. The second kappa shape index (κ2) is 12.3. The zero-order chi connectivity index (χ0) is 30.7. The maximum atomic E-state index is 13.0. The largest absolute Gasteiger partial charge is 0.434 e. The van der Waals surface area contributed by atoms with Gasteiger partial charge in [0.2, 0.25) is 20.0 Å². The summed E-state index contributed by atoms with van der Waals surface area (Å²) in [5.74, 6) is -5.12. The van der Waals surface area contributed by atoms with Crippen LogP contribution in [0.5, 0.6) is 11.5 Å². The average molecular weight is 686 g/mol. The van der Waals surface area contributed by atoms with Crippen molar-refractivity contribution < 1.29 is 53.5 Å². The molecule has 1 aromatic heterocycles. The molecule has 3 rings (SSSR count). The first-order valence-electron chi connectivity index (χ1n) is 10.5. The Labute approximate surface area is 237 Å². The maximum Gasteiger partial charge on any atom is 0.387 e. The highest BCUT2D eigenvalue weighted by molar-refractivity contribution is 9.10. The third-order valence-electron chi connectivity index (χ3n) is 4.75. The van der Waals surface area contributed by atoms with Gasteiger partial charge in [0.1, 0.15) is 34.3 Å². The third-order valence-corrected chi connectivity index (χ3v) is 7.11. The number of halogens is 5. The number of nitrogens with two attached hydrogens (primary N) is 2. The molecule has 0 aliphatic rings. The van der Waals surface area contributed by atoms with Gasteiger partial charge in [-0.25, -0.2) is 32.1 Å². The normalized spacial score (nSPS) is 11.8. The molecule has 1 heterocycles. The Bertz CT molecular complexity index is 1600. The first-order chi connectivity index (χ1) is 19.0. The van der Waals surface area contributed by atoms with E-state index in [1.807, 2.05) is 0 Å². The molecule has 0 spiro atoms. The number of benzene rings is 2. The number of rotatable bonds is 10. The second-order valence-corrected chi connectivity index (χ2v) is 11.5. The molecule has 0 bridgehead atoms. The van der Waals surface area contributed by atoms with Crippen molar-refractivity contribution in [3.05, 3.63) is 64.1 Å². The highest BCUT2D eigenvalue weighted by Crippen LogP contribution is 2.30. The molecule has 2 aromatic carbocycles. The number of amides is 2. The van der Waals surface area contributed by atoms with Gasteiger partial charge in [-0.1, -0.05) is 28.1 Å². The lowest BCUT2D eigenvalue weighted by Gasteiger charge is -2.15. The third kappa shape index (κ3) is 8.10. The lowest BCUT2D eigenvalue weighted by Crippen LogP contribution is -2.23. The Kier molecular flexibility index (Phi) is 9.54. The van der Waals surface area contributed by atoms with E-state index in [0.29, 0.717) is 0 Å². The summed E-state index contributed by atoms with van der Waals surface area (Å²) in [4.78, 5) is 28.2. The van der Waals surface area contributed by atoms with Gasteiger partial charge < -0.3 is 20.1 Å². The van der Waals surface area contributed by atoms with Crippen LogP contribution in [0.1, 0.15) is 20.7 Å². The van der Waals surface area contributed by atoms with Gasteiger partial charge in [0, 0.05) is 4.47 Å². The Hall–Kier alpha value is -3.85. The molecule has 220 valence electrons. The summed E-state index contributed by atoms with van der Waals surface area (Å²) in [5.41, 5.74) is -1.78. The zero-order valence-electron chi connectivity index (χ0n) is 19.8. The van der Waals surface area contributed by atoms with Crippen molar-refractivity contribution in [3.63, 3.8) is 0 Å².